The lowest BCUT2D eigenvalue weighted by molar-refractivity contribution is -0.147. The van der Waals surface area contributed by atoms with Crippen LogP contribution in [0.2, 0.25) is 0 Å². The molecule has 1 unspecified atom stereocenters. The summed E-state index contributed by atoms with van der Waals surface area (Å²) in [5, 5.41) is 26.9. The summed E-state index contributed by atoms with van der Waals surface area (Å²) in [6.07, 6.45) is 3.31. The van der Waals surface area contributed by atoms with Gasteiger partial charge in [-0.3, -0.25) is 24.2 Å². The van der Waals surface area contributed by atoms with Crippen LogP contribution in [0.15, 0.2) is 42.9 Å². The molecule has 0 spiro atoms. The van der Waals surface area contributed by atoms with E-state index in [2.05, 4.69) is 20.6 Å². The zero-order valence-electron chi connectivity index (χ0n) is 22.9. The molecular formula is C28H37N5O6. The number of amides is 3. The van der Waals surface area contributed by atoms with E-state index >= 15 is 0 Å². The third-order valence-corrected chi connectivity index (χ3v) is 7.21. The number of nitrogens with one attached hydrogen (secondary N) is 2. The topological polar surface area (TPSA) is 162 Å². The number of aromatic hydroxyl groups is 1. The molecule has 4 N–H and O–H groups in total. The van der Waals surface area contributed by atoms with Gasteiger partial charge < -0.3 is 25.7 Å². The highest BCUT2D eigenvalue weighted by Crippen LogP contribution is 2.24. The average molecular weight is 540 g/mol. The fourth-order valence-electron chi connectivity index (χ4n) is 5.09. The molecule has 0 aromatic carbocycles. The molecule has 0 radical (unpaired) electrons. The highest BCUT2D eigenvalue weighted by Gasteiger charge is 2.41. The summed E-state index contributed by atoms with van der Waals surface area (Å²) in [5.41, 5.74) is 0.463. The summed E-state index contributed by atoms with van der Waals surface area (Å²) >= 11 is 0. The maximum absolute atomic E-state index is 13.7. The number of aliphatic hydroxyl groups excluding tert-OH is 1. The van der Waals surface area contributed by atoms with Crippen LogP contribution >= 0.6 is 0 Å². The van der Waals surface area contributed by atoms with Gasteiger partial charge in [0.2, 0.25) is 11.8 Å². The van der Waals surface area contributed by atoms with Gasteiger partial charge in [-0.05, 0) is 42.0 Å². The van der Waals surface area contributed by atoms with E-state index in [9.17, 15) is 29.4 Å². The zero-order valence-corrected chi connectivity index (χ0v) is 22.9. The van der Waals surface area contributed by atoms with Crippen LogP contribution in [0.5, 0.6) is 5.75 Å². The number of likely N-dealkylation sites (N-methyl/N-ethyl adjacent to an activating group) is 1. The van der Waals surface area contributed by atoms with E-state index in [-0.39, 0.29) is 36.0 Å². The third-order valence-electron chi connectivity index (χ3n) is 7.21. The first-order valence-electron chi connectivity index (χ1n) is 13.0. The Morgan fingerprint density at radius 1 is 1.18 bits per heavy atom. The van der Waals surface area contributed by atoms with Gasteiger partial charge in [-0.25, -0.2) is 4.98 Å². The smallest absolute Gasteiger partial charge is 0.274 e. The van der Waals surface area contributed by atoms with E-state index in [0.29, 0.717) is 0 Å². The quantitative estimate of drug-likeness (QED) is 0.439. The Morgan fingerprint density at radius 2 is 1.87 bits per heavy atom. The molecule has 1 saturated heterocycles. The first kappa shape index (κ1) is 29.7. The monoisotopic (exact) mass is 539 g/mol. The van der Waals surface area contributed by atoms with Crippen molar-refractivity contribution in [2.45, 2.75) is 64.8 Å². The molecule has 11 heteroatoms. The van der Waals surface area contributed by atoms with E-state index < -0.39 is 53.8 Å². The van der Waals surface area contributed by atoms with Gasteiger partial charge in [-0.1, -0.05) is 33.8 Å². The van der Waals surface area contributed by atoms with Gasteiger partial charge in [-0.2, -0.15) is 0 Å². The summed E-state index contributed by atoms with van der Waals surface area (Å²) in [7, 11) is 1.54. The molecule has 210 valence electrons. The number of hydrogen-bond donors (Lipinski definition) is 4. The normalized spacial score (nSPS) is 26.9. The Kier molecular flexibility index (Phi) is 9.74. The lowest BCUT2D eigenvalue weighted by Gasteiger charge is -2.37. The molecule has 39 heavy (non-hydrogen) atoms. The molecule has 1 fully saturated rings. The number of nitrogens with zero attached hydrogens (tertiary/aromatic N) is 3. The summed E-state index contributed by atoms with van der Waals surface area (Å²) in [6.45, 7) is 6.86. The van der Waals surface area contributed by atoms with Gasteiger partial charge in [0.25, 0.3) is 5.91 Å². The molecular weight excluding hydrogens is 502 g/mol. The van der Waals surface area contributed by atoms with Crippen molar-refractivity contribution in [2.24, 2.45) is 17.8 Å². The molecule has 0 aliphatic carbocycles. The molecule has 3 heterocycles. The van der Waals surface area contributed by atoms with E-state index in [4.69, 9.17) is 0 Å². The summed E-state index contributed by atoms with van der Waals surface area (Å²) < 4.78 is 0. The molecule has 1 aliphatic heterocycles. The predicted octanol–water partition coefficient (Wildman–Crippen LogP) is 1.10. The Morgan fingerprint density at radius 3 is 2.49 bits per heavy atom. The van der Waals surface area contributed by atoms with Crippen LogP contribution in [0, 0.1) is 17.8 Å². The van der Waals surface area contributed by atoms with E-state index in [1.165, 1.54) is 23.2 Å². The second-order valence-electron chi connectivity index (χ2n) is 10.6. The van der Waals surface area contributed by atoms with Crippen LogP contribution in [0.3, 0.4) is 0 Å². The van der Waals surface area contributed by atoms with Gasteiger partial charge >= 0.3 is 0 Å². The highest BCUT2D eigenvalue weighted by atomic mass is 16.3. The fraction of sp³-hybridized carbons (Fsp3) is 0.500. The van der Waals surface area contributed by atoms with Gasteiger partial charge in [0.15, 0.2) is 11.5 Å². The number of aliphatic hydroxyl groups is 1. The van der Waals surface area contributed by atoms with Crippen molar-refractivity contribution in [3.63, 3.8) is 0 Å². The van der Waals surface area contributed by atoms with E-state index in [1.807, 2.05) is 13.8 Å². The van der Waals surface area contributed by atoms with Crippen LogP contribution in [0.25, 0.3) is 0 Å². The van der Waals surface area contributed by atoms with Gasteiger partial charge in [0, 0.05) is 32.1 Å². The van der Waals surface area contributed by atoms with Crippen LogP contribution in [-0.4, -0.2) is 79.9 Å². The molecule has 2 aromatic heterocycles. The summed E-state index contributed by atoms with van der Waals surface area (Å²) in [4.78, 5) is 62.9. The molecule has 1 aliphatic rings. The first-order valence-corrected chi connectivity index (χ1v) is 13.0. The number of hydrogen-bond acceptors (Lipinski definition) is 8. The number of carbonyl (C=O) groups excluding carboxylic acids is 4. The average Bonchev–Trinajstić information content (AvgIpc) is 2.89. The molecule has 11 nitrogen and oxygen atoms in total. The van der Waals surface area contributed by atoms with Gasteiger partial charge in [0.05, 0.1) is 24.1 Å². The maximum atomic E-state index is 13.7. The van der Waals surface area contributed by atoms with Crippen molar-refractivity contribution in [1.29, 1.82) is 0 Å². The Balaban J connectivity index is 2.03. The minimum Gasteiger partial charge on any atom is -0.505 e. The van der Waals surface area contributed by atoms with E-state index in [1.54, 1.807) is 45.4 Å². The van der Waals surface area contributed by atoms with Crippen molar-refractivity contribution in [3.8, 4) is 5.75 Å². The summed E-state index contributed by atoms with van der Waals surface area (Å²) in [6, 6.07) is 3.39. The summed E-state index contributed by atoms with van der Waals surface area (Å²) in [5.74, 6) is -4.33. The predicted molar refractivity (Wildman–Crippen MR) is 142 cm³/mol. The standard InChI is InChI=1S/C28H37N5O6/c1-15(2)24-21(35)12-16(3)22(32-27(38)23-20(34)9-7-11-30-23)26(37)31-19(13-18-8-6-10-29-14-18)25(36)17(4)28(39)33(24)5/h6-11,14-17,19,22,24-25,34,36H,12-13H2,1-5H3,(H,31,37)(H,32,38)/t16-,17+,19-,22-,24?,25-/m0/s1. The number of pyridine rings is 2. The minimum atomic E-state index is -1.31. The largest absolute Gasteiger partial charge is 0.505 e. The number of carbonyl (C=O) groups is 4. The van der Waals surface area contributed by atoms with Gasteiger partial charge in [0.1, 0.15) is 11.8 Å². The molecule has 0 saturated carbocycles. The number of aromatic nitrogens is 2. The van der Waals surface area contributed by atoms with Crippen molar-refractivity contribution in [1.82, 2.24) is 25.5 Å². The SMILES string of the molecule is CC(C)C1C(=O)C[C@H](C)[C@H](NC(=O)c2ncccc2O)C(=O)N[C@@H](Cc2cccnc2)[C@@H](O)[C@@H](C)C(=O)N1C. The van der Waals surface area contributed by atoms with E-state index in [0.717, 1.165) is 5.56 Å². The van der Waals surface area contributed by atoms with Crippen LogP contribution in [-0.2, 0) is 20.8 Å². The second-order valence-corrected chi connectivity index (χ2v) is 10.6. The van der Waals surface area contributed by atoms with Crippen molar-refractivity contribution in [3.05, 3.63) is 54.1 Å². The molecule has 6 atom stereocenters. The molecule has 3 amide bonds. The fourth-order valence-corrected chi connectivity index (χ4v) is 5.09. The number of Topliss-reactive ketones (excluding diaryl/α,β-unsaturated/α-hetero) is 1. The lowest BCUT2D eigenvalue weighted by atomic mass is 9.85. The van der Waals surface area contributed by atoms with Crippen LogP contribution in [0.1, 0.15) is 50.2 Å². The van der Waals surface area contributed by atoms with Crippen molar-refractivity contribution >= 4 is 23.5 Å². The molecule has 2 aromatic rings. The molecule has 3 rings (SSSR count). The minimum absolute atomic E-state index is 0.1000. The maximum Gasteiger partial charge on any atom is 0.274 e. The number of rotatable bonds is 5. The Bertz CT molecular complexity index is 1190. The van der Waals surface area contributed by atoms with Gasteiger partial charge in [-0.15, -0.1) is 0 Å². The van der Waals surface area contributed by atoms with Crippen molar-refractivity contribution < 1.29 is 29.4 Å². The Hall–Kier alpha value is -3.86. The highest BCUT2D eigenvalue weighted by molar-refractivity contribution is 5.98. The number of ketones is 1. The Labute approximate surface area is 228 Å². The second kappa shape index (κ2) is 12.8. The lowest BCUT2D eigenvalue weighted by Crippen LogP contribution is -2.59. The van der Waals surface area contributed by atoms with Crippen LogP contribution < -0.4 is 10.6 Å². The third kappa shape index (κ3) is 6.97. The molecule has 0 bridgehead atoms. The van der Waals surface area contributed by atoms with Crippen molar-refractivity contribution in [2.75, 3.05) is 7.05 Å². The van der Waals surface area contributed by atoms with Crippen LogP contribution in [0.4, 0.5) is 0 Å². The zero-order chi connectivity index (χ0) is 28.9. The first-order chi connectivity index (χ1) is 18.4.